The van der Waals surface area contributed by atoms with Crippen LogP contribution in [0, 0.1) is 0 Å². The zero-order valence-corrected chi connectivity index (χ0v) is 16.2. The molecule has 0 aliphatic carbocycles. The van der Waals surface area contributed by atoms with Gasteiger partial charge in [0.2, 0.25) is 5.91 Å². The number of aryl methyl sites for hydroxylation is 2. The van der Waals surface area contributed by atoms with E-state index in [-0.39, 0.29) is 18.4 Å². The van der Waals surface area contributed by atoms with E-state index in [9.17, 15) is 14.4 Å². The van der Waals surface area contributed by atoms with Gasteiger partial charge in [-0.25, -0.2) is 4.79 Å². The van der Waals surface area contributed by atoms with Gasteiger partial charge < -0.3 is 10.6 Å². The molecule has 3 rings (SSSR count). The Bertz CT molecular complexity index is 858. The van der Waals surface area contributed by atoms with Crippen LogP contribution >= 0.6 is 0 Å². The van der Waals surface area contributed by atoms with Crippen molar-refractivity contribution >= 4 is 23.5 Å². The van der Waals surface area contributed by atoms with Crippen molar-refractivity contribution in [3.8, 4) is 0 Å². The second-order valence-corrected chi connectivity index (χ2v) is 6.82. The molecule has 1 aliphatic rings. The second-order valence-electron chi connectivity index (χ2n) is 6.82. The van der Waals surface area contributed by atoms with Crippen molar-refractivity contribution in [2.24, 2.45) is 0 Å². The first-order valence-corrected chi connectivity index (χ1v) is 9.59. The molecule has 2 N–H and O–H groups in total. The highest BCUT2D eigenvalue weighted by Gasteiger charge is 2.38. The molecule has 0 aromatic heterocycles. The molecular weight excluding hydrogens is 354 g/mol. The molecule has 28 heavy (non-hydrogen) atoms. The minimum atomic E-state index is -0.642. The van der Waals surface area contributed by atoms with Gasteiger partial charge in [0.25, 0.3) is 5.91 Å². The van der Waals surface area contributed by atoms with Crippen molar-refractivity contribution in [2.45, 2.75) is 39.2 Å². The van der Waals surface area contributed by atoms with Crippen LogP contribution in [-0.2, 0) is 28.9 Å². The number of hydrogen-bond acceptors (Lipinski definition) is 3. The average Bonchev–Trinajstić information content (AvgIpc) is 2.96. The van der Waals surface area contributed by atoms with E-state index in [0.29, 0.717) is 6.42 Å². The number of benzene rings is 2. The van der Waals surface area contributed by atoms with Crippen LogP contribution in [0.1, 0.15) is 30.5 Å². The third kappa shape index (κ3) is 4.22. The summed E-state index contributed by atoms with van der Waals surface area (Å²) in [5, 5.41) is 5.57. The molecule has 0 unspecified atom stereocenters. The van der Waals surface area contributed by atoms with Crippen LogP contribution in [0.3, 0.4) is 0 Å². The van der Waals surface area contributed by atoms with E-state index >= 15 is 0 Å². The lowest BCUT2D eigenvalue weighted by Gasteiger charge is -2.17. The average molecular weight is 379 g/mol. The van der Waals surface area contributed by atoms with Gasteiger partial charge in [0, 0.05) is 12.1 Å². The van der Waals surface area contributed by atoms with Gasteiger partial charge in [0.05, 0.1) is 0 Å². The second kappa shape index (κ2) is 8.69. The van der Waals surface area contributed by atoms with Crippen molar-refractivity contribution < 1.29 is 14.4 Å². The van der Waals surface area contributed by atoms with E-state index in [1.165, 1.54) is 0 Å². The fraction of sp³-hybridized carbons (Fsp3) is 0.318. The summed E-state index contributed by atoms with van der Waals surface area (Å²) < 4.78 is 0. The monoisotopic (exact) mass is 379 g/mol. The molecular formula is C22H25N3O3. The number of imide groups is 1. The van der Waals surface area contributed by atoms with E-state index in [2.05, 4.69) is 10.6 Å². The molecule has 6 nitrogen and oxygen atoms in total. The molecule has 6 heteroatoms. The Kier molecular flexibility index (Phi) is 6.09. The summed E-state index contributed by atoms with van der Waals surface area (Å²) in [6, 6.07) is 14.2. The number of carbonyl (C=O) groups is 3. The zero-order chi connectivity index (χ0) is 20.1. The number of amides is 4. The molecule has 1 aliphatic heterocycles. The summed E-state index contributed by atoms with van der Waals surface area (Å²) in [6.07, 6.45) is 1.97. The number of hydrogen-bond donors (Lipinski definition) is 2. The normalized spacial score (nSPS) is 16.2. The SMILES string of the molecule is CCc1cccc(CC)c1NC(=O)CN1C(=O)N[C@@H](Cc2ccccc2)C1=O. The summed E-state index contributed by atoms with van der Waals surface area (Å²) in [7, 11) is 0. The highest BCUT2D eigenvalue weighted by molar-refractivity contribution is 6.08. The fourth-order valence-corrected chi connectivity index (χ4v) is 3.44. The molecule has 2 aromatic carbocycles. The maximum absolute atomic E-state index is 12.6. The first-order chi connectivity index (χ1) is 13.5. The summed E-state index contributed by atoms with van der Waals surface area (Å²) >= 11 is 0. The number of carbonyl (C=O) groups excluding carboxylic acids is 3. The van der Waals surface area contributed by atoms with Crippen molar-refractivity contribution in [3.63, 3.8) is 0 Å². The Morgan fingerprint density at radius 2 is 1.64 bits per heavy atom. The molecule has 0 saturated carbocycles. The van der Waals surface area contributed by atoms with Gasteiger partial charge in [-0.1, -0.05) is 62.4 Å². The van der Waals surface area contributed by atoms with Crippen molar-refractivity contribution in [3.05, 3.63) is 65.2 Å². The number of nitrogens with zero attached hydrogens (tertiary/aromatic N) is 1. The lowest BCUT2D eigenvalue weighted by molar-refractivity contribution is -0.130. The van der Waals surface area contributed by atoms with Crippen molar-refractivity contribution in [1.82, 2.24) is 10.2 Å². The van der Waals surface area contributed by atoms with Gasteiger partial charge in [-0.3, -0.25) is 14.5 Å². The Balaban J connectivity index is 1.67. The van der Waals surface area contributed by atoms with E-state index in [1.807, 2.05) is 62.4 Å². The number of rotatable bonds is 7. The maximum Gasteiger partial charge on any atom is 0.325 e. The minimum Gasteiger partial charge on any atom is -0.325 e. The Morgan fingerprint density at radius 1 is 1.00 bits per heavy atom. The lowest BCUT2D eigenvalue weighted by Crippen LogP contribution is -2.38. The number of anilines is 1. The Hall–Kier alpha value is -3.15. The maximum atomic E-state index is 12.6. The third-order valence-electron chi connectivity index (χ3n) is 4.95. The summed E-state index contributed by atoms with van der Waals surface area (Å²) in [4.78, 5) is 38.4. The smallest absolute Gasteiger partial charge is 0.325 e. The van der Waals surface area contributed by atoms with Gasteiger partial charge in [-0.15, -0.1) is 0 Å². The molecule has 1 atom stereocenters. The van der Waals surface area contributed by atoms with Crippen LogP contribution in [0.15, 0.2) is 48.5 Å². The highest BCUT2D eigenvalue weighted by atomic mass is 16.2. The van der Waals surface area contributed by atoms with Gasteiger partial charge in [-0.05, 0) is 29.5 Å². The quantitative estimate of drug-likeness (QED) is 0.726. The van der Waals surface area contributed by atoms with Gasteiger partial charge in [-0.2, -0.15) is 0 Å². The molecule has 1 fully saturated rings. The molecule has 146 valence electrons. The molecule has 1 heterocycles. The van der Waals surface area contributed by atoms with Crippen LogP contribution in [0.25, 0.3) is 0 Å². The van der Waals surface area contributed by atoms with Crippen molar-refractivity contribution in [1.29, 1.82) is 0 Å². The van der Waals surface area contributed by atoms with Crippen molar-refractivity contribution in [2.75, 3.05) is 11.9 Å². The largest absolute Gasteiger partial charge is 0.325 e. The zero-order valence-electron chi connectivity index (χ0n) is 16.2. The standard InChI is InChI=1S/C22H25N3O3/c1-3-16-11-8-12-17(4-2)20(16)24-19(26)14-25-21(27)18(23-22(25)28)13-15-9-6-5-7-10-15/h5-12,18H,3-4,13-14H2,1-2H3,(H,23,28)(H,24,26)/t18-/m0/s1. The van der Waals surface area contributed by atoms with Gasteiger partial charge in [0.15, 0.2) is 0 Å². The lowest BCUT2D eigenvalue weighted by atomic mass is 10.0. The number of para-hydroxylation sites is 1. The van der Waals surface area contributed by atoms with E-state index in [4.69, 9.17) is 0 Å². The van der Waals surface area contributed by atoms with Crippen LogP contribution in [0.2, 0.25) is 0 Å². The van der Waals surface area contributed by atoms with E-state index in [1.54, 1.807) is 0 Å². The molecule has 1 saturated heterocycles. The minimum absolute atomic E-state index is 0.294. The van der Waals surface area contributed by atoms with Gasteiger partial charge >= 0.3 is 6.03 Å². The molecule has 0 spiro atoms. The number of urea groups is 1. The molecule has 0 radical (unpaired) electrons. The fourth-order valence-electron chi connectivity index (χ4n) is 3.44. The Labute approximate surface area is 164 Å². The number of nitrogens with one attached hydrogen (secondary N) is 2. The van der Waals surface area contributed by atoms with Crippen LogP contribution < -0.4 is 10.6 Å². The van der Waals surface area contributed by atoms with Crippen LogP contribution in [0.5, 0.6) is 0 Å². The van der Waals surface area contributed by atoms with Gasteiger partial charge in [0.1, 0.15) is 12.6 Å². The summed E-state index contributed by atoms with van der Waals surface area (Å²) in [5.41, 5.74) is 3.81. The predicted octanol–water partition coefficient (Wildman–Crippen LogP) is 2.91. The van der Waals surface area contributed by atoms with Crippen LogP contribution in [0.4, 0.5) is 10.5 Å². The Morgan fingerprint density at radius 3 is 2.25 bits per heavy atom. The predicted molar refractivity (Wildman–Crippen MR) is 108 cm³/mol. The topological polar surface area (TPSA) is 78.5 Å². The summed E-state index contributed by atoms with van der Waals surface area (Å²) in [5.74, 6) is -0.747. The van der Waals surface area contributed by atoms with E-state index < -0.39 is 12.1 Å². The third-order valence-corrected chi connectivity index (χ3v) is 4.95. The van der Waals surface area contributed by atoms with Crippen LogP contribution in [-0.4, -0.2) is 35.3 Å². The first kappa shape index (κ1) is 19.6. The molecule has 0 bridgehead atoms. The molecule has 4 amide bonds. The summed E-state index contributed by atoms with van der Waals surface area (Å²) in [6.45, 7) is 3.75. The first-order valence-electron chi connectivity index (χ1n) is 9.59. The highest BCUT2D eigenvalue weighted by Crippen LogP contribution is 2.23. The van der Waals surface area contributed by atoms with E-state index in [0.717, 1.165) is 40.1 Å². The molecule has 2 aromatic rings.